The molecular weight excluding hydrogens is 363 g/mol. The third-order valence-electron chi connectivity index (χ3n) is 2.33. The van der Waals surface area contributed by atoms with Crippen LogP contribution in [0.2, 0.25) is 0 Å². The van der Waals surface area contributed by atoms with Crippen LogP contribution < -0.4 is 0 Å². The van der Waals surface area contributed by atoms with E-state index in [9.17, 15) is 5.11 Å². The molecule has 61 valence electrons. The molecule has 1 N–H and O–H groups in total. The van der Waals surface area contributed by atoms with Gasteiger partial charge < -0.3 is 5.11 Å². The third kappa shape index (κ3) is 2.24. The van der Waals surface area contributed by atoms with Crippen molar-refractivity contribution < 1.29 is 49.2 Å². The second-order valence-electron chi connectivity index (χ2n) is 3.16. The Morgan fingerprint density at radius 1 is 1.00 bits per heavy atom. The predicted octanol–water partition coefficient (Wildman–Crippen LogP) is 2.27. The minimum atomic E-state index is 0. The zero-order valence-corrected chi connectivity index (χ0v) is 11.8. The molecule has 2 heteroatoms. The van der Waals surface area contributed by atoms with E-state index in [0.717, 1.165) is 6.42 Å². The summed E-state index contributed by atoms with van der Waals surface area (Å²) in [6.07, 6.45) is 4.91. The fraction of sp³-hybridized carbons (Fsp3) is 0.400. The van der Waals surface area contributed by atoms with Gasteiger partial charge in [-0.15, -0.1) is 0 Å². The minimum absolute atomic E-state index is 0. The van der Waals surface area contributed by atoms with Gasteiger partial charge in [-0.1, -0.05) is 6.07 Å². The van der Waals surface area contributed by atoms with Gasteiger partial charge in [0.2, 0.25) is 0 Å². The first-order valence-electron chi connectivity index (χ1n) is 4.17. The Balaban J connectivity index is 0.000000720. The summed E-state index contributed by atoms with van der Waals surface area (Å²) in [6, 6.07) is 5.72. The van der Waals surface area contributed by atoms with Crippen molar-refractivity contribution >= 4 is 0 Å². The summed E-state index contributed by atoms with van der Waals surface area (Å²) in [7, 11) is 0. The maximum atomic E-state index is 9.19. The zero-order valence-electron chi connectivity index (χ0n) is 7.09. The molecule has 1 aromatic rings. The Bertz CT molecular complexity index is 271. The van der Waals surface area contributed by atoms with Crippen LogP contribution in [0, 0.1) is 44.1 Å². The Kier molecular flexibility index (Phi) is 4.07. The van der Waals surface area contributed by atoms with Gasteiger partial charge in [-0.3, -0.25) is 0 Å². The number of hydrogen-bond acceptors (Lipinski definition) is 1. The van der Waals surface area contributed by atoms with Crippen molar-refractivity contribution in [3.63, 3.8) is 0 Å². The molecule has 0 aliphatic heterocycles. The van der Waals surface area contributed by atoms with Crippen molar-refractivity contribution in [2.24, 2.45) is 0 Å². The van der Waals surface area contributed by atoms with Crippen LogP contribution in [0.1, 0.15) is 24.0 Å². The van der Waals surface area contributed by atoms with E-state index in [1.807, 2.05) is 12.1 Å². The van der Waals surface area contributed by atoms with Crippen molar-refractivity contribution in [3.05, 3.63) is 29.3 Å². The number of aryl methyl sites for hydroxylation is 2. The van der Waals surface area contributed by atoms with Gasteiger partial charge in [-0.25, -0.2) is 0 Å². The number of hydrogen-bond donors (Lipinski definition) is 1. The first kappa shape index (κ1) is 10.5. The summed E-state index contributed by atoms with van der Waals surface area (Å²) < 4.78 is 0. The predicted molar refractivity (Wildman–Crippen MR) is 44.7 cm³/mol. The molecule has 1 aliphatic rings. The molecule has 12 heavy (non-hydrogen) atoms. The van der Waals surface area contributed by atoms with E-state index in [-0.39, 0.29) is 44.1 Å². The topological polar surface area (TPSA) is 20.2 Å². The molecule has 0 aromatic heterocycles. The minimum Gasteiger partial charge on any atom is -0.508 e. The van der Waals surface area contributed by atoms with E-state index >= 15 is 0 Å². The molecule has 0 saturated carbocycles. The maximum absolute atomic E-state index is 9.19. The van der Waals surface area contributed by atoms with Gasteiger partial charge in [0.1, 0.15) is 5.75 Å². The summed E-state index contributed by atoms with van der Waals surface area (Å²) in [4.78, 5) is 0. The standard InChI is InChI=1S/C10H12O.Ac/c11-10-6-5-8-3-1-2-4-9(8)7-10;/h5-7,11H,1-4H2;. The van der Waals surface area contributed by atoms with E-state index in [2.05, 4.69) is 0 Å². The second kappa shape index (κ2) is 4.63. The van der Waals surface area contributed by atoms with E-state index in [1.165, 1.54) is 30.4 Å². The molecular formula is C10H12AcO. The van der Waals surface area contributed by atoms with Crippen LogP contribution >= 0.6 is 0 Å². The van der Waals surface area contributed by atoms with Crippen molar-refractivity contribution in [1.29, 1.82) is 0 Å². The van der Waals surface area contributed by atoms with E-state index < -0.39 is 0 Å². The van der Waals surface area contributed by atoms with Crippen molar-refractivity contribution in [2.75, 3.05) is 0 Å². The Hall–Kier alpha value is 0.462. The maximum Gasteiger partial charge on any atom is 0.115 e. The Morgan fingerprint density at radius 3 is 2.42 bits per heavy atom. The molecule has 0 saturated heterocycles. The van der Waals surface area contributed by atoms with Gasteiger partial charge in [0, 0.05) is 44.1 Å². The number of phenols is 1. The average Bonchev–Trinajstić information content (AvgIpc) is 2.04. The quantitative estimate of drug-likeness (QED) is 0.738. The molecule has 0 amide bonds. The summed E-state index contributed by atoms with van der Waals surface area (Å²) in [5.41, 5.74) is 2.77. The second-order valence-corrected chi connectivity index (χ2v) is 3.16. The normalized spacial score (nSPS) is 14.7. The summed E-state index contributed by atoms with van der Waals surface area (Å²) >= 11 is 0. The molecule has 0 heterocycles. The van der Waals surface area contributed by atoms with Crippen molar-refractivity contribution in [1.82, 2.24) is 0 Å². The largest absolute Gasteiger partial charge is 0.508 e. The Morgan fingerprint density at radius 2 is 1.67 bits per heavy atom. The smallest absolute Gasteiger partial charge is 0.115 e. The zero-order chi connectivity index (χ0) is 7.68. The molecule has 2 rings (SSSR count). The van der Waals surface area contributed by atoms with Crippen LogP contribution in [0.3, 0.4) is 0 Å². The number of fused-ring (bicyclic) bond motifs is 1. The molecule has 1 aliphatic carbocycles. The van der Waals surface area contributed by atoms with Crippen LogP contribution in [0.5, 0.6) is 5.75 Å². The van der Waals surface area contributed by atoms with Crippen LogP contribution in [0.15, 0.2) is 18.2 Å². The monoisotopic (exact) mass is 375 g/mol. The number of phenolic OH excluding ortho intramolecular Hbond substituents is 1. The molecule has 0 atom stereocenters. The van der Waals surface area contributed by atoms with E-state index in [4.69, 9.17) is 0 Å². The first-order chi connectivity index (χ1) is 5.36. The molecule has 1 nitrogen and oxygen atoms in total. The Labute approximate surface area is 109 Å². The van der Waals surface area contributed by atoms with E-state index in [1.54, 1.807) is 6.07 Å². The van der Waals surface area contributed by atoms with Crippen LogP contribution in [-0.4, -0.2) is 5.11 Å². The van der Waals surface area contributed by atoms with Gasteiger partial charge in [0.05, 0.1) is 0 Å². The molecule has 0 bridgehead atoms. The number of benzene rings is 1. The van der Waals surface area contributed by atoms with Crippen LogP contribution in [-0.2, 0) is 12.8 Å². The molecule has 0 unspecified atom stereocenters. The first-order valence-corrected chi connectivity index (χ1v) is 4.17. The van der Waals surface area contributed by atoms with Crippen LogP contribution in [0.4, 0.5) is 0 Å². The molecule has 1 aromatic carbocycles. The van der Waals surface area contributed by atoms with Gasteiger partial charge in [0.15, 0.2) is 0 Å². The van der Waals surface area contributed by atoms with Gasteiger partial charge in [-0.05, 0) is 48.9 Å². The summed E-state index contributed by atoms with van der Waals surface area (Å²) in [5.74, 6) is 0.408. The van der Waals surface area contributed by atoms with Crippen molar-refractivity contribution in [2.45, 2.75) is 25.7 Å². The molecule has 0 fully saturated rings. The fourth-order valence-electron chi connectivity index (χ4n) is 1.72. The number of rotatable bonds is 0. The van der Waals surface area contributed by atoms with Gasteiger partial charge in [0.25, 0.3) is 0 Å². The van der Waals surface area contributed by atoms with Crippen LogP contribution in [0.25, 0.3) is 0 Å². The average molecular weight is 375 g/mol. The van der Waals surface area contributed by atoms with Gasteiger partial charge in [-0.2, -0.15) is 0 Å². The summed E-state index contributed by atoms with van der Waals surface area (Å²) in [6.45, 7) is 0. The fourth-order valence-corrected chi connectivity index (χ4v) is 1.72. The number of aromatic hydroxyl groups is 1. The summed E-state index contributed by atoms with van der Waals surface area (Å²) in [5, 5.41) is 9.19. The van der Waals surface area contributed by atoms with Crippen molar-refractivity contribution in [3.8, 4) is 5.75 Å². The molecule has 1 radical (unpaired) electrons. The molecule has 0 spiro atoms. The third-order valence-corrected chi connectivity index (χ3v) is 2.33. The van der Waals surface area contributed by atoms with Gasteiger partial charge >= 0.3 is 0 Å². The SMILES string of the molecule is Oc1ccc2c(c1)CCCC2.[Ac]. The van der Waals surface area contributed by atoms with E-state index in [0.29, 0.717) is 5.75 Å².